The highest BCUT2D eigenvalue weighted by molar-refractivity contribution is 6.30. The van der Waals surface area contributed by atoms with E-state index in [9.17, 15) is 13.2 Å². The minimum absolute atomic E-state index is 0.0208. The van der Waals surface area contributed by atoms with Crippen molar-refractivity contribution in [2.24, 2.45) is 0 Å². The molecule has 1 N–H and O–H groups in total. The highest BCUT2D eigenvalue weighted by Gasteiger charge is 2.37. The summed E-state index contributed by atoms with van der Waals surface area (Å²) in [6.45, 7) is 0. The predicted octanol–water partition coefficient (Wildman–Crippen LogP) is 5.52. The molecule has 2 aromatic carbocycles. The Balaban J connectivity index is 2.30. The number of H-pyrrole nitrogens is 1. The summed E-state index contributed by atoms with van der Waals surface area (Å²) in [5, 5.41) is 0.577. The van der Waals surface area contributed by atoms with Crippen LogP contribution in [0.15, 0.2) is 42.5 Å². The molecule has 2 nitrogen and oxygen atoms in total. The highest BCUT2D eigenvalue weighted by atomic mass is 35.5. The standard InChI is InChI=1S/C16H11ClF3NO/c1-22-11-6-7-12-13(8-11)21-15(14(12)16(18,19)20)9-2-4-10(17)5-3-9/h2-8,21H,1H3. The molecule has 0 unspecified atom stereocenters. The number of ether oxygens (including phenoxy) is 1. The highest BCUT2D eigenvalue weighted by Crippen LogP contribution is 2.42. The Morgan fingerprint density at radius 3 is 2.32 bits per heavy atom. The molecule has 0 radical (unpaired) electrons. The fraction of sp³-hybridized carbons (Fsp3) is 0.125. The van der Waals surface area contributed by atoms with E-state index in [4.69, 9.17) is 16.3 Å². The molecule has 0 amide bonds. The van der Waals surface area contributed by atoms with Crippen LogP contribution < -0.4 is 4.74 Å². The van der Waals surface area contributed by atoms with Crippen molar-refractivity contribution < 1.29 is 17.9 Å². The molecular weight excluding hydrogens is 315 g/mol. The number of fused-ring (bicyclic) bond motifs is 1. The first-order valence-corrected chi connectivity index (χ1v) is 6.81. The normalized spacial score (nSPS) is 11.9. The van der Waals surface area contributed by atoms with Crippen molar-refractivity contribution in [1.29, 1.82) is 0 Å². The number of hydrogen-bond donors (Lipinski definition) is 1. The third-order valence-corrected chi connectivity index (χ3v) is 3.67. The molecule has 0 saturated heterocycles. The number of halogens is 4. The van der Waals surface area contributed by atoms with Gasteiger partial charge in [-0.15, -0.1) is 0 Å². The van der Waals surface area contributed by atoms with Gasteiger partial charge in [0.25, 0.3) is 0 Å². The Hall–Kier alpha value is -2.14. The Bertz CT molecular complexity index is 822. The van der Waals surface area contributed by atoms with Gasteiger partial charge in [0.15, 0.2) is 0 Å². The van der Waals surface area contributed by atoms with Crippen LogP contribution in [0.4, 0.5) is 13.2 Å². The molecule has 1 heterocycles. The summed E-state index contributed by atoms with van der Waals surface area (Å²) in [6, 6.07) is 10.7. The van der Waals surface area contributed by atoms with E-state index in [1.54, 1.807) is 30.3 Å². The molecule has 3 rings (SSSR count). The van der Waals surface area contributed by atoms with E-state index in [2.05, 4.69) is 4.98 Å². The molecule has 0 saturated carbocycles. The summed E-state index contributed by atoms with van der Waals surface area (Å²) < 4.78 is 45.5. The third-order valence-electron chi connectivity index (χ3n) is 3.42. The summed E-state index contributed by atoms with van der Waals surface area (Å²) in [4.78, 5) is 2.84. The Labute approximate surface area is 129 Å². The van der Waals surface area contributed by atoms with Crippen molar-refractivity contribution in [2.75, 3.05) is 7.11 Å². The van der Waals surface area contributed by atoms with Crippen LogP contribution in [0.2, 0.25) is 5.02 Å². The monoisotopic (exact) mass is 325 g/mol. The van der Waals surface area contributed by atoms with Crippen molar-refractivity contribution in [1.82, 2.24) is 4.98 Å². The second-order valence-electron chi connectivity index (χ2n) is 4.79. The van der Waals surface area contributed by atoms with Gasteiger partial charge in [-0.05, 0) is 29.8 Å². The minimum Gasteiger partial charge on any atom is -0.497 e. The molecular formula is C16H11ClF3NO. The maximum atomic E-state index is 13.5. The lowest BCUT2D eigenvalue weighted by molar-refractivity contribution is -0.135. The van der Waals surface area contributed by atoms with Gasteiger partial charge in [-0.3, -0.25) is 0 Å². The average molecular weight is 326 g/mol. The van der Waals surface area contributed by atoms with Gasteiger partial charge in [-0.1, -0.05) is 23.7 Å². The first-order chi connectivity index (χ1) is 10.4. The third kappa shape index (κ3) is 2.52. The fourth-order valence-electron chi connectivity index (χ4n) is 2.43. The molecule has 3 aromatic rings. The van der Waals surface area contributed by atoms with Crippen LogP contribution in [0.3, 0.4) is 0 Å². The van der Waals surface area contributed by atoms with Crippen LogP contribution in [0.5, 0.6) is 5.75 Å². The lowest BCUT2D eigenvalue weighted by Gasteiger charge is -2.09. The van der Waals surface area contributed by atoms with E-state index in [1.165, 1.54) is 19.2 Å². The second-order valence-corrected chi connectivity index (χ2v) is 5.23. The van der Waals surface area contributed by atoms with Crippen LogP contribution >= 0.6 is 11.6 Å². The van der Waals surface area contributed by atoms with E-state index in [0.717, 1.165) is 0 Å². The zero-order valence-corrected chi connectivity index (χ0v) is 12.2. The van der Waals surface area contributed by atoms with E-state index >= 15 is 0 Å². The largest absolute Gasteiger partial charge is 0.497 e. The molecule has 0 spiro atoms. The van der Waals surface area contributed by atoms with Crippen molar-refractivity contribution in [3.8, 4) is 17.0 Å². The molecule has 0 atom stereocenters. The zero-order chi connectivity index (χ0) is 15.9. The van der Waals surface area contributed by atoms with Crippen molar-refractivity contribution in [3.05, 3.63) is 53.1 Å². The second kappa shape index (κ2) is 5.25. The van der Waals surface area contributed by atoms with Gasteiger partial charge in [0.2, 0.25) is 0 Å². The Kier molecular flexibility index (Phi) is 3.53. The van der Waals surface area contributed by atoms with Crippen LogP contribution in [0, 0.1) is 0 Å². The van der Waals surface area contributed by atoms with Gasteiger partial charge in [0.1, 0.15) is 5.75 Å². The van der Waals surface area contributed by atoms with Crippen molar-refractivity contribution in [2.45, 2.75) is 6.18 Å². The number of rotatable bonds is 2. The maximum Gasteiger partial charge on any atom is 0.419 e. The molecule has 0 aliphatic carbocycles. The SMILES string of the molecule is COc1ccc2c(C(F)(F)F)c(-c3ccc(Cl)cc3)[nH]c2c1. The number of aromatic amines is 1. The topological polar surface area (TPSA) is 25.0 Å². The zero-order valence-electron chi connectivity index (χ0n) is 11.5. The van der Waals surface area contributed by atoms with Crippen molar-refractivity contribution in [3.63, 3.8) is 0 Å². The van der Waals surface area contributed by atoms with E-state index in [1.807, 2.05) is 0 Å². The van der Waals surface area contributed by atoms with E-state index < -0.39 is 11.7 Å². The first-order valence-electron chi connectivity index (χ1n) is 6.43. The van der Waals surface area contributed by atoms with Crippen LogP contribution in [0.1, 0.15) is 5.56 Å². The number of methoxy groups -OCH3 is 1. The first kappa shape index (κ1) is 14.8. The molecule has 22 heavy (non-hydrogen) atoms. The predicted molar refractivity (Wildman–Crippen MR) is 80.3 cm³/mol. The molecule has 1 aromatic heterocycles. The number of alkyl halides is 3. The van der Waals surface area contributed by atoms with Crippen LogP contribution in [0.25, 0.3) is 22.2 Å². The molecule has 0 aliphatic heterocycles. The van der Waals surface area contributed by atoms with Crippen LogP contribution in [-0.2, 0) is 6.18 Å². The number of hydrogen-bond acceptors (Lipinski definition) is 1. The van der Waals surface area contributed by atoms with Gasteiger partial charge in [0.05, 0.1) is 23.9 Å². The average Bonchev–Trinajstić information content (AvgIpc) is 2.86. The summed E-state index contributed by atoms with van der Waals surface area (Å²) in [7, 11) is 1.47. The summed E-state index contributed by atoms with van der Waals surface area (Å²) in [6.07, 6.45) is -4.47. The summed E-state index contributed by atoms with van der Waals surface area (Å²) >= 11 is 5.80. The quantitative estimate of drug-likeness (QED) is 0.659. The minimum atomic E-state index is -4.47. The maximum absolute atomic E-state index is 13.5. The molecule has 114 valence electrons. The molecule has 0 bridgehead atoms. The number of nitrogens with one attached hydrogen (secondary N) is 1. The van der Waals surface area contributed by atoms with Gasteiger partial charge < -0.3 is 9.72 Å². The lowest BCUT2D eigenvalue weighted by atomic mass is 10.0. The van der Waals surface area contributed by atoms with Gasteiger partial charge in [-0.25, -0.2) is 0 Å². The van der Waals surface area contributed by atoms with Gasteiger partial charge in [0, 0.05) is 16.5 Å². The molecule has 6 heteroatoms. The summed E-state index contributed by atoms with van der Waals surface area (Å²) in [5.41, 5.74) is 0.128. The lowest BCUT2D eigenvalue weighted by Crippen LogP contribution is -2.05. The molecule has 0 fully saturated rings. The van der Waals surface area contributed by atoms with Gasteiger partial charge in [-0.2, -0.15) is 13.2 Å². The van der Waals surface area contributed by atoms with Crippen molar-refractivity contribution >= 4 is 22.5 Å². The van der Waals surface area contributed by atoms with E-state index in [-0.39, 0.29) is 11.1 Å². The summed E-state index contributed by atoms with van der Waals surface area (Å²) in [5.74, 6) is 0.491. The van der Waals surface area contributed by atoms with E-state index in [0.29, 0.717) is 21.9 Å². The number of benzene rings is 2. The van der Waals surface area contributed by atoms with Gasteiger partial charge >= 0.3 is 6.18 Å². The fourth-order valence-corrected chi connectivity index (χ4v) is 2.56. The Morgan fingerprint density at radius 1 is 1.05 bits per heavy atom. The Morgan fingerprint density at radius 2 is 1.73 bits per heavy atom. The number of aromatic nitrogens is 1. The van der Waals surface area contributed by atoms with Crippen LogP contribution in [-0.4, -0.2) is 12.1 Å². The molecule has 0 aliphatic rings. The smallest absolute Gasteiger partial charge is 0.419 e.